The lowest BCUT2D eigenvalue weighted by atomic mass is 9.93. The van der Waals surface area contributed by atoms with Gasteiger partial charge in [0.1, 0.15) is 6.17 Å². The topological polar surface area (TPSA) is 46.3 Å². The highest BCUT2D eigenvalue weighted by Crippen LogP contribution is 2.24. The van der Waals surface area contributed by atoms with Crippen LogP contribution in [-0.2, 0) is 4.79 Å². The van der Waals surface area contributed by atoms with Gasteiger partial charge in [0.05, 0.1) is 0 Å². The summed E-state index contributed by atoms with van der Waals surface area (Å²) in [5.74, 6) is 0.0463. The monoisotopic (exact) mass is 272 g/mol. The third kappa shape index (κ3) is 2.69. The Labute approximate surface area is 99.1 Å². The van der Waals surface area contributed by atoms with Gasteiger partial charge in [0, 0.05) is 16.4 Å². The van der Waals surface area contributed by atoms with Crippen molar-refractivity contribution in [3.05, 3.63) is 23.9 Å². The lowest BCUT2D eigenvalue weighted by Crippen LogP contribution is -2.49. The third-order valence-electron chi connectivity index (χ3n) is 2.20. The van der Waals surface area contributed by atoms with Crippen LogP contribution >= 0.6 is 15.9 Å². The smallest absolute Gasteiger partial charge is 0.233 e. The fourth-order valence-electron chi connectivity index (χ4n) is 1.37. The van der Waals surface area contributed by atoms with Crippen molar-refractivity contribution < 1.29 is 4.79 Å². The molecule has 1 amide bonds. The van der Waals surface area contributed by atoms with Crippen LogP contribution in [0.1, 0.15) is 20.8 Å². The maximum Gasteiger partial charge on any atom is 0.233 e. The minimum atomic E-state index is -0.413. The largest absolute Gasteiger partial charge is 0.308 e. The first-order valence-electron chi connectivity index (χ1n) is 4.90. The van der Waals surface area contributed by atoms with Gasteiger partial charge in [-0.1, -0.05) is 42.8 Å². The average Bonchev–Trinajstić information content (AvgIpc) is 2.15. The molecule has 2 N–H and O–H groups in total. The number of carbonyl (C=O) groups excluding carboxylic acids is 1. The summed E-state index contributed by atoms with van der Waals surface area (Å²) in [5.41, 5.74) is 6.39. The van der Waals surface area contributed by atoms with Gasteiger partial charge in [-0.2, -0.15) is 0 Å². The zero-order chi connectivity index (χ0) is 11.6. The number of rotatable bonds is 1. The van der Waals surface area contributed by atoms with Crippen molar-refractivity contribution in [2.24, 2.45) is 11.1 Å². The zero-order valence-corrected chi connectivity index (χ0v) is 10.9. The van der Waals surface area contributed by atoms with Crippen LogP contribution < -0.4 is 5.73 Å². The maximum atomic E-state index is 12.1. The molecular weight excluding hydrogens is 256 g/mol. The molecule has 84 valence electrons. The van der Waals surface area contributed by atoms with E-state index in [1.54, 1.807) is 4.90 Å². The quantitative estimate of drug-likeness (QED) is 0.743. The Kier molecular flexibility index (Phi) is 3.73. The Morgan fingerprint density at radius 3 is 2.67 bits per heavy atom. The van der Waals surface area contributed by atoms with Gasteiger partial charge in [-0.25, -0.2) is 0 Å². The van der Waals surface area contributed by atoms with Crippen molar-refractivity contribution in [2.45, 2.75) is 26.9 Å². The molecule has 0 bridgehead atoms. The molecule has 3 nitrogen and oxygen atoms in total. The normalized spacial score (nSPS) is 21.5. The predicted octanol–water partition coefficient (Wildman–Crippen LogP) is 1.99. The highest BCUT2D eigenvalue weighted by atomic mass is 79.9. The lowest BCUT2D eigenvalue weighted by Gasteiger charge is -2.35. The molecule has 0 aliphatic carbocycles. The van der Waals surface area contributed by atoms with Crippen LogP contribution in [0, 0.1) is 5.41 Å². The number of hydrogen-bond acceptors (Lipinski definition) is 2. The van der Waals surface area contributed by atoms with E-state index >= 15 is 0 Å². The van der Waals surface area contributed by atoms with Gasteiger partial charge in [-0.05, 0) is 12.2 Å². The Morgan fingerprint density at radius 2 is 2.20 bits per heavy atom. The molecule has 1 aliphatic heterocycles. The standard InChI is InChI=1S/C11H17BrN2O/c1-11(2,3)10(15)14-8(7-12)5-4-6-9(14)13/h4-6,9H,7,13H2,1-3H3. The van der Waals surface area contributed by atoms with Crippen molar-refractivity contribution in [1.29, 1.82) is 0 Å². The number of nitrogens with zero attached hydrogens (tertiary/aromatic N) is 1. The van der Waals surface area contributed by atoms with E-state index in [-0.39, 0.29) is 12.1 Å². The predicted molar refractivity (Wildman–Crippen MR) is 65.3 cm³/mol. The molecule has 0 aromatic carbocycles. The van der Waals surface area contributed by atoms with Crippen LogP contribution in [-0.4, -0.2) is 22.3 Å². The van der Waals surface area contributed by atoms with Crippen molar-refractivity contribution in [1.82, 2.24) is 4.90 Å². The van der Waals surface area contributed by atoms with Crippen LogP contribution in [0.4, 0.5) is 0 Å². The van der Waals surface area contributed by atoms with Crippen LogP contribution in [0.15, 0.2) is 23.9 Å². The van der Waals surface area contributed by atoms with Gasteiger partial charge < -0.3 is 5.73 Å². The Balaban J connectivity index is 2.97. The van der Waals surface area contributed by atoms with Gasteiger partial charge in [-0.15, -0.1) is 0 Å². The first-order valence-corrected chi connectivity index (χ1v) is 6.02. The van der Waals surface area contributed by atoms with Crippen LogP contribution in [0.25, 0.3) is 0 Å². The van der Waals surface area contributed by atoms with E-state index in [1.807, 2.05) is 39.0 Å². The molecule has 1 unspecified atom stereocenters. The van der Waals surface area contributed by atoms with Crippen LogP contribution in [0.2, 0.25) is 0 Å². The molecule has 0 radical (unpaired) electrons. The Hall–Kier alpha value is -0.610. The van der Waals surface area contributed by atoms with E-state index < -0.39 is 5.41 Å². The van der Waals surface area contributed by atoms with Gasteiger partial charge in [0.2, 0.25) is 5.91 Å². The second-order valence-corrected chi connectivity index (χ2v) is 5.15. The van der Waals surface area contributed by atoms with E-state index in [9.17, 15) is 4.79 Å². The third-order valence-corrected chi connectivity index (χ3v) is 2.78. The molecule has 4 heteroatoms. The lowest BCUT2D eigenvalue weighted by molar-refractivity contribution is -0.138. The number of alkyl halides is 1. The summed E-state index contributed by atoms with van der Waals surface area (Å²) in [5, 5.41) is 0.632. The first-order chi connectivity index (χ1) is 6.88. The fourth-order valence-corrected chi connectivity index (χ4v) is 1.83. The highest BCUT2D eigenvalue weighted by Gasteiger charge is 2.32. The molecule has 0 saturated heterocycles. The Bertz CT molecular complexity index is 315. The van der Waals surface area contributed by atoms with E-state index in [1.165, 1.54) is 0 Å². The summed E-state index contributed by atoms with van der Waals surface area (Å²) in [7, 11) is 0. The average molecular weight is 273 g/mol. The fraction of sp³-hybridized carbons (Fsp3) is 0.545. The first kappa shape index (κ1) is 12.5. The molecule has 0 spiro atoms. The molecule has 15 heavy (non-hydrogen) atoms. The molecule has 1 rings (SSSR count). The number of halogens is 1. The molecule has 0 aromatic rings. The van der Waals surface area contributed by atoms with Crippen molar-refractivity contribution in [3.63, 3.8) is 0 Å². The van der Waals surface area contributed by atoms with Crippen molar-refractivity contribution in [2.75, 3.05) is 5.33 Å². The van der Waals surface area contributed by atoms with E-state index in [2.05, 4.69) is 15.9 Å². The number of allylic oxidation sites excluding steroid dienone is 3. The summed E-state index contributed by atoms with van der Waals surface area (Å²) in [6.45, 7) is 5.69. The summed E-state index contributed by atoms with van der Waals surface area (Å²) in [6.07, 6.45) is 5.25. The zero-order valence-electron chi connectivity index (χ0n) is 9.33. The number of carbonyl (C=O) groups is 1. The number of hydrogen-bond donors (Lipinski definition) is 1. The SMILES string of the molecule is CC(C)(C)C(=O)N1C(CBr)=CC=CC1N. The summed E-state index contributed by atoms with van der Waals surface area (Å²) < 4.78 is 0. The number of nitrogens with two attached hydrogens (primary N) is 1. The molecule has 1 aliphatic rings. The van der Waals surface area contributed by atoms with Gasteiger partial charge in [0.15, 0.2) is 0 Å². The van der Waals surface area contributed by atoms with E-state index in [0.29, 0.717) is 5.33 Å². The second-order valence-electron chi connectivity index (χ2n) is 4.59. The van der Waals surface area contributed by atoms with E-state index in [0.717, 1.165) is 5.70 Å². The molecular formula is C11H17BrN2O. The molecule has 1 heterocycles. The molecule has 1 atom stereocenters. The van der Waals surface area contributed by atoms with Crippen LogP contribution in [0.3, 0.4) is 0 Å². The second kappa shape index (κ2) is 4.49. The van der Waals surface area contributed by atoms with Gasteiger partial charge in [0.25, 0.3) is 0 Å². The van der Waals surface area contributed by atoms with Crippen LogP contribution in [0.5, 0.6) is 0 Å². The molecule has 0 aromatic heterocycles. The minimum absolute atomic E-state index is 0.0463. The number of amides is 1. The highest BCUT2D eigenvalue weighted by molar-refractivity contribution is 9.09. The van der Waals surface area contributed by atoms with E-state index in [4.69, 9.17) is 5.73 Å². The molecule has 0 fully saturated rings. The van der Waals surface area contributed by atoms with Crippen molar-refractivity contribution >= 4 is 21.8 Å². The van der Waals surface area contributed by atoms with Crippen molar-refractivity contribution in [3.8, 4) is 0 Å². The van der Waals surface area contributed by atoms with Gasteiger partial charge in [-0.3, -0.25) is 9.69 Å². The maximum absolute atomic E-state index is 12.1. The minimum Gasteiger partial charge on any atom is -0.308 e. The summed E-state index contributed by atoms with van der Waals surface area (Å²) in [6, 6.07) is 0. The summed E-state index contributed by atoms with van der Waals surface area (Å²) >= 11 is 3.36. The molecule has 0 saturated carbocycles. The van der Waals surface area contributed by atoms with Gasteiger partial charge >= 0.3 is 0 Å². The Morgan fingerprint density at radius 1 is 1.60 bits per heavy atom. The summed E-state index contributed by atoms with van der Waals surface area (Å²) in [4.78, 5) is 13.8.